The largest absolute Gasteiger partial charge is 0.383 e. The molecule has 1 heterocycles. The first-order valence-electron chi connectivity index (χ1n) is 5.92. The maximum absolute atomic E-state index is 10.6. The van der Waals surface area contributed by atoms with Crippen LogP contribution in [0.2, 0.25) is 0 Å². The molecule has 2 aromatic rings. The molecule has 18 heavy (non-hydrogen) atoms. The molecule has 1 aromatic carbocycles. The summed E-state index contributed by atoms with van der Waals surface area (Å²) in [6.07, 6.45) is -0.528. The second-order valence-electron chi connectivity index (χ2n) is 4.72. The molecule has 1 aromatic heterocycles. The second kappa shape index (κ2) is 5.16. The number of benzene rings is 1. The van der Waals surface area contributed by atoms with Gasteiger partial charge in [0, 0.05) is 4.88 Å². The van der Waals surface area contributed by atoms with E-state index in [4.69, 9.17) is 0 Å². The van der Waals surface area contributed by atoms with E-state index < -0.39 is 6.10 Å². The minimum absolute atomic E-state index is 0.528. The molecule has 1 atom stereocenters. The fourth-order valence-corrected chi connectivity index (χ4v) is 3.69. The normalized spacial score (nSPS) is 12.8. The summed E-state index contributed by atoms with van der Waals surface area (Å²) in [5, 5.41) is 10.6. The van der Waals surface area contributed by atoms with Gasteiger partial charge in [0.1, 0.15) is 6.10 Å². The lowest BCUT2D eigenvalue weighted by atomic mass is 9.90. The molecule has 0 fully saturated rings. The summed E-state index contributed by atoms with van der Waals surface area (Å²) < 4.78 is 1.05. The quantitative estimate of drug-likeness (QED) is 0.839. The number of rotatable bonds is 2. The van der Waals surface area contributed by atoms with Crippen LogP contribution in [-0.4, -0.2) is 5.11 Å². The van der Waals surface area contributed by atoms with Crippen molar-refractivity contribution in [2.75, 3.05) is 0 Å². The van der Waals surface area contributed by atoms with Gasteiger partial charge in [0.2, 0.25) is 0 Å². The van der Waals surface area contributed by atoms with E-state index in [1.54, 1.807) is 11.3 Å². The predicted octanol–water partition coefficient (Wildman–Crippen LogP) is 4.83. The van der Waals surface area contributed by atoms with Gasteiger partial charge in [-0.2, -0.15) is 0 Å². The Kier molecular flexibility index (Phi) is 3.95. The monoisotopic (exact) mass is 324 g/mol. The number of aliphatic hydroxyl groups excluding tert-OH is 1. The third kappa shape index (κ3) is 2.40. The highest BCUT2D eigenvalue weighted by atomic mass is 79.9. The maximum atomic E-state index is 10.6. The molecule has 2 rings (SSSR count). The lowest BCUT2D eigenvalue weighted by Crippen LogP contribution is -2.06. The van der Waals surface area contributed by atoms with Crippen molar-refractivity contribution in [3.8, 4) is 0 Å². The molecule has 1 N–H and O–H groups in total. The summed E-state index contributed by atoms with van der Waals surface area (Å²) in [5.74, 6) is 0. The molecule has 0 spiro atoms. The van der Waals surface area contributed by atoms with Crippen molar-refractivity contribution in [3.05, 3.63) is 54.7 Å². The number of thiophene rings is 1. The van der Waals surface area contributed by atoms with Crippen LogP contribution in [0.5, 0.6) is 0 Å². The fourth-order valence-electron chi connectivity index (χ4n) is 2.28. The molecule has 0 radical (unpaired) electrons. The molecule has 96 valence electrons. The topological polar surface area (TPSA) is 20.2 Å². The Morgan fingerprint density at radius 2 is 1.61 bits per heavy atom. The van der Waals surface area contributed by atoms with Crippen LogP contribution in [-0.2, 0) is 0 Å². The Labute approximate surface area is 121 Å². The van der Waals surface area contributed by atoms with E-state index in [1.165, 1.54) is 22.3 Å². The molecule has 3 heteroatoms. The van der Waals surface area contributed by atoms with Gasteiger partial charge in [-0.1, -0.05) is 6.07 Å². The van der Waals surface area contributed by atoms with Gasteiger partial charge in [-0.3, -0.25) is 0 Å². The minimum atomic E-state index is -0.528. The molecule has 0 saturated heterocycles. The van der Waals surface area contributed by atoms with Crippen molar-refractivity contribution in [3.63, 3.8) is 0 Å². The molecule has 0 aliphatic heterocycles. The summed E-state index contributed by atoms with van der Waals surface area (Å²) in [7, 11) is 0. The van der Waals surface area contributed by atoms with Gasteiger partial charge in [-0.25, -0.2) is 0 Å². The fraction of sp³-hybridized carbons (Fsp3) is 0.333. The van der Waals surface area contributed by atoms with Gasteiger partial charge in [0.15, 0.2) is 0 Å². The minimum Gasteiger partial charge on any atom is -0.383 e. The number of hydrogen-bond acceptors (Lipinski definition) is 2. The Bertz CT molecular complexity index is 560. The third-order valence-corrected chi connectivity index (χ3v) is 5.24. The first-order valence-corrected chi connectivity index (χ1v) is 7.53. The molecule has 0 bridgehead atoms. The highest BCUT2D eigenvalue weighted by Gasteiger charge is 2.19. The van der Waals surface area contributed by atoms with Crippen LogP contribution in [0, 0.1) is 27.7 Å². The molecule has 1 unspecified atom stereocenters. The Morgan fingerprint density at radius 1 is 1.06 bits per heavy atom. The van der Waals surface area contributed by atoms with Gasteiger partial charge in [0.05, 0.1) is 3.79 Å². The highest BCUT2D eigenvalue weighted by Crippen LogP contribution is 2.35. The van der Waals surface area contributed by atoms with Gasteiger partial charge < -0.3 is 5.11 Å². The van der Waals surface area contributed by atoms with Crippen LogP contribution in [0.1, 0.15) is 38.8 Å². The maximum Gasteiger partial charge on any atom is 0.114 e. The highest BCUT2D eigenvalue weighted by molar-refractivity contribution is 9.11. The number of aryl methyl sites for hydroxylation is 2. The Balaban J connectivity index is 2.57. The van der Waals surface area contributed by atoms with Gasteiger partial charge in [-0.15, -0.1) is 11.3 Å². The lowest BCUT2D eigenvalue weighted by Gasteiger charge is -2.19. The Hall–Kier alpha value is -0.640. The summed E-state index contributed by atoms with van der Waals surface area (Å²) in [4.78, 5) is 0.984. The molecular formula is C15H17BrOS. The summed E-state index contributed by atoms with van der Waals surface area (Å²) in [6.45, 7) is 8.37. The van der Waals surface area contributed by atoms with Crippen LogP contribution >= 0.6 is 27.3 Å². The Morgan fingerprint density at radius 3 is 2.06 bits per heavy atom. The van der Waals surface area contributed by atoms with Crippen molar-refractivity contribution in [1.29, 1.82) is 0 Å². The molecule has 0 saturated carbocycles. The average Bonchev–Trinajstić information content (AvgIpc) is 2.73. The van der Waals surface area contributed by atoms with Crippen molar-refractivity contribution in [2.24, 2.45) is 0 Å². The van der Waals surface area contributed by atoms with E-state index >= 15 is 0 Å². The molecule has 1 nitrogen and oxygen atoms in total. The van der Waals surface area contributed by atoms with E-state index in [0.717, 1.165) is 14.2 Å². The zero-order valence-electron chi connectivity index (χ0n) is 11.0. The van der Waals surface area contributed by atoms with Crippen LogP contribution in [0.15, 0.2) is 22.0 Å². The van der Waals surface area contributed by atoms with E-state index in [9.17, 15) is 5.11 Å². The summed E-state index contributed by atoms with van der Waals surface area (Å²) >= 11 is 5.03. The van der Waals surface area contributed by atoms with Crippen LogP contribution in [0.3, 0.4) is 0 Å². The van der Waals surface area contributed by atoms with Crippen LogP contribution in [0.4, 0.5) is 0 Å². The zero-order valence-corrected chi connectivity index (χ0v) is 13.4. The number of aliphatic hydroxyl groups is 1. The molecule has 0 amide bonds. The van der Waals surface area contributed by atoms with Crippen molar-refractivity contribution >= 4 is 27.3 Å². The van der Waals surface area contributed by atoms with Gasteiger partial charge in [0.25, 0.3) is 0 Å². The molecular weight excluding hydrogens is 308 g/mol. The molecule has 0 aliphatic carbocycles. The number of hydrogen-bond donors (Lipinski definition) is 1. The molecule has 0 aliphatic rings. The SMILES string of the molecule is Cc1cc(C)c(C)c(C(O)c2ccc(Br)s2)c1C. The van der Waals surface area contributed by atoms with Crippen LogP contribution in [0.25, 0.3) is 0 Å². The summed E-state index contributed by atoms with van der Waals surface area (Å²) in [6, 6.07) is 6.15. The van der Waals surface area contributed by atoms with E-state index in [1.807, 2.05) is 12.1 Å². The summed E-state index contributed by atoms with van der Waals surface area (Å²) in [5.41, 5.74) is 5.91. The lowest BCUT2D eigenvalue weighted by molar-refractivity contribution is 0.222. The van der Waals surface area contributed by atoms with Gasteiger partial charge in [-0.05, 0) is 83.6 Å². The average molecular weight is 325 g/mol. The second-order valence-corrected chi connectivity index (χ2v) is 7.21. The van der Waals surface area contributed by atoms with Crippen LogP contribution < -0.4 is 0 Å². The van der Waals surface area contributed by atoms with Crippen molar-refractivity contribution < 1.29 is 5.11 Å². The first-order chi connectivity index (χ1) is 8.41. The van der Waals surface area contributed by atoms with Crippen molar-refractivity contribution in [2.45, 2.75) is 33.8 Å². The zero-order chi connectivity index (χ0) is 13.4. The predicted molar refractivity (Wildman–Crippen MR) is 81.5 cm³/mol. The van der Waals surface area contributed by atoms with Gasteiger partial charge >= 0.3 is 0 Å². The standard InChI is InChI=1S/C15H17BrOS/c1-8-7-9(2)11(4)14(10(8)3)15(17)12-5-6-13(16)18-12/h5-7,15,17H,1-4H3. The third-order valence-electron chi connectivity index (χ3n) is 3.56. The van der Waals surface area contributed by atoms with Crippen molar-refractivity contribution in [1.82, 2.24) is 0 Å². The van der Waals surface area contributed by atoms with E-state index in [0.29, 0.717) is 0 Å². The van der Waals surface area contributed by atoms with E-state index in [2.05, 4.69) is 49.7 Å². The number of halogens is 1. The first kappa shape index (κ1) is 13.8. The van der Waals surface area contributed by atoms with E-state index in [-0.39, 0.29) is 0 Å². The smallest absolute Gasteiger partial charge is 0.114 e.